The number of non-ortho nitro benzene ring substituents is 1. The second-order valence-corrected chi connectivity index (χ2v) is 7.03. The Morgan fingerprint density at radius 3 is 2.46 bits per heavy atom. The summed E-state index contributed by atoms with van der Waals surface area (Å²) in [4.78, 5) is 22.6. The topological polar surface area (TPSA) is 118 Å². The zero-order valence-electron chi connectivity index (χ0n) is 13.7. The zero-order chi connectivity index (χ0) is 19.3. The van der Waals surface area contributed by atoms with Crippen LogP contribution in [0.3, 0.4) is 0 Å². The number of carbonyl (C=O) groups excluding carboxylic acids is 1. The molecule has 0 fully saturated rings. The molecule has 0 radical (unpaired) electrons. The highest BCUT2D eigenvalue weighted by Gasteiger charge is 2.15. The van der Waals surface area contributed by atoms with Crippen molar-refractivity contribution in [1.82, 2.24) is 4.72 Å². The summed E-state index contributed by atoms with van der Waals surface area (Å²) in [5.74, 6) is 1.65. The van der Waals surface area contributed by atoms with Gasteiger partial charge in [-0.15, -0.1) is 6.42 Å². The average Bonchev–Trinajstić information content (AvgIpc) is 2.61. The van der Waals surface area contributed by atoms with Gasteiger partial charge >= 0.3 is 0 Å². The van der Waals surface area contributed by atoms with E-state index < -0.39 is 20.9 Å². The molecule has 134 valence electrons. The number of terminal acetylenes is 1. The van der Waals surface area contributed by atoms with Crippen molar-refractivity contribution in [2.45, 2.75) is 11.8 Å². The van der Waals surface area contributed by atoms with Gasteiger partial charge in [-0.2, -0.15) is 4.72 Å². The van der Waals surface area contributed by atoms with Crippen molar-refractivity contribution in [2.75, 3.05) is 11.9 Å². The van der Waals surface area contributed by atoms with Crippen LogP contribution in [0, 0.1) is 29.4 Å². The van der Waals surface area contributed by atoms with Crippen LogP contribution in [0.4, 0.5) is 11.4 Å². The fourth-order valence-corrected chi connectivity index (χ4v) is 2.99. The molecule has 0 aromatic heterocycles. The zero-order valence-corrected chi connectivity index (χ0v) is 14.5. The summed E-state index contributed by atoms with van der Waals surface area (Å²) < 4.78 is 26.1. The van der Waals surface area contributed by atoms with Gasteiger partial charge in [0.1, 0.15) is 0 Å². The fourth-order valence-electron chi connectivity index (χ4n) is 2.06. The minimum Gasteiger partial charge on any atom is -0.321 e. The molecule has 0 saturated carbocycles. The summed E-state index contributed by atoms with van der Waals surface area (Å²) in [6, 6.07) is 9.35. The molecular formula is C17H15N3O5S. The Kier molecular flexibility index (Phi) is 5.71. The number of carbonyl (C=O) groups is 1. The van der Waals surface area contributed by atoms with Gasteiger partial charge in [0.2, 0.25) is 10.0 Å². The molecule has 0 aliphatic heterocycles. The van der Waals surface area contributed by atoms with Crippen LogP contribution in [-0.4, -0.2) is 25.8 Å². The lowest BCUT2D eigenvalue weighted by Crippen LogP contribution is -2.24. The number of nitrogens with one attached hydrogen (secondary N) is 2. The van der Waals surface area contributed by atoms with Crippen molar-refractivity contribution < 1.29 is 18.1 Å². The van der Waals surface area contributed by atoms with E-state index in [0.29, 0.717) is 11.3 Å². The number of hydrogen-bond acceptors (Lipinski definition) is 5. The molecule has 0 unspecified atom stereocenters. The third-order valence-corrected chi connectivity index (χ3v) is 4.89. The highest BCUT2D eigenvalue weighted by molar-refractivity contribution is 7.89. The van der Waals surface area contributed by atoms with Gasteiger partial charge in [-0.25, -0.2) is 8.42 Å². The van der Waals surface area contributed by atoms with E-state index in [1.165, 1.54) is 42.5 Å². The molecule has 0 spiro atoms. The number of anilines is 1. The highest BCUT2D eigenvalue weighted by Crippen LogP contribution is 2.22. The molecular weight excluding hydrogens is 358 g/mol. The first-order chi connectivity index (χ1) is 12.2. The van der Waals surface area contributed by atoms with Gasteiger partial charge in [-0.1, -0.05) is 12.0 Å². The van der Waals surface area contributed by atoms with Crippen LogP contribution in [0.15, 0.2) is 47.4 Å². The first-order valence-electron chi connectivity index (χ1n) is 7.34. The van der Waals surface area contributed by atoms with Crippen LogP contribution < -0.4 is 10.0 Å². The molecule has 0 aliphatic carbocycles. The minimum absolute atomic E-state index is 0.0316. The summed E-state index contributed by atoms with van der Waals surface area (Å²) in [7, 11) is -3.74. The number of aryl methyl sites for hydroxylation is 1. The lowest BCUT2D eigenvalue weighted by atomic mass is 10.1. The van der Waals surface area contributed by atoms with Crippen molar-refractivity contribution in [3.05, 3.63) is 63.7 Å². The molecule has 9 heteroatoms. The Hall–Kier alpha value is -3.22. The molecule has 8 nitrogen and oxygen atoms in total. The largest absolute Gasteiger partial charge is 0.321 e. The first kappa shape index (κ1) is 19.1. The number of nitro benzene ring substituents is 1. The third-order valence-electron chi connectivity index (χ3n) is 3.47. The second kappa shape index (κ2) is 7.77. The van der Waals surface area contributed by atoms with Crippen LogP contribution >= 0.6 is 0 Å². The van der Waals surface area contributed by atoms with E-state index >= 15 is 0 Å². The Bertz CT molecular complexity index is 992. The number of nitro groups is 1. The lowest BCUT2D eigenvalue weighted by molar-refractivity contribution is -0.384. The van der Waals surface area contributed by atoms with Gasteiger partial charge in [0, 0.05) is 17.7 Å². The van der Waals surface area contributed by atoms with Crippen LogP contribution in [-0.2, 0) is 10.0 Å². The quantitative estimate of drug-likeness (QED) is 0.456. The van der Waals surface area contributed by atoms with Gasteiger partial charge in [0.05, 0.1) is 22.1 Å². The smallest absolute Gasteiger partial charge is 0.271 e. The number of sulfonamides is 1. The van der Waals surface area contributed by atoms with E-state index in [-0.39, 0.29) is 22.7 Å². The number of amides is 1. The summed E-state index contributed by atoms with van der Waals surface area (Å²) in [6.45, 7) is 1.56. The van der Waals surface area contributed by atoms with E-state index in [2.05, 4.69) is 16.0 Å². The van der Waals surface area contributed by atoms with Crippen molar-refractivity contribution in [1.29, 1.82) is 0 Å². The summed E-state index contributed by atoms with van der Waals surface area (Å²) in [5, 5.41) is 13.4. The SMILES string of the molecule is C#CCNS(=O)(=O)c1ccc(C(=O)Nc2cc([N+](=O)[O-])ccc2C)cc1. The molecule has 0 heterocycles. The van der Waals surface area contributed by atoms with Crippen LogP contribution in [0.1, 0.15) is 15.9 Å². The molecule has 26 heavy (non-hydrogen) atoms. The van der Waals surface area contributed by atoms with Gasteiger partial charge < -0.3 is 5.32 Å². The fraction of sp³-hybridized carbons (Fsp3) is 0.118. The first-order valence-corrected chi connectivity index (χ1v) is 8.82. The van der Waals surface area contributed by atoms with Gasteiger partial charge in [-0.05, 0) is 36.8 Å². The van der Waals surface area contributed by atoms with E-state index in [1.54, 1.807) is 6.92 Å². The van der Waals surface area contributed by atoms with E-state index in [1.807, 2.05) is 0 Å². The highest BCUT2D eigenvalue weighted by atomic mass is 32.2. The molecule has 2 aromatic carbocycles. The predicted molar refractivity (Wildman–Crippen MR) is 96.3 cm³/mol. The molecule has 2 rings (SSSR count). The van der Waals surface area contributed by atoms with E-state index in [9.17, 15) is 23.3 Å². The monoisotopic (exact) mass is 373 g/mol. The maximum atomic E-state index is 12.3. The Balaban J connectivity index is 2.20. The third kappa shape index (κ3) is 4.44. The molecule has 1 amide bonds. The number of hydrogen-bond donors (Lipinski definition) is 2. The average molecular weight is 373 g/mol. The number of benzene rings is 2. The maximum absolute atomic E-state index is 12.3. The van der Waals surface area contributed by atoms with E-state index in [4.69, 9.17) is 6.42 Å². The second-order valence-electron chi connectivity index (χ2n) is 5.26. The lowest BCUT2D eigenvalue weighted by Gasteiger charge is -2.09. The standard InChI is InChI=1S/C17H15N3O5S/c1-3-10-18-26(24,25)15-8-5-13(6-9-15)17(21)19-16-11-14(20(22)23)7-4-12(16)2/h1,4-9,11,18H,10H2,2H3,(H,19,21). The summed E-state index contributed by atoms with van der Waals surface area (Å²) in [5.41, 5.74) is 1.01. The van der Waals surface area contributed by atoms with Crippen LogP contribution in [0.25, 0.3) is 0 Å². The van der Waals surface area contributed by atoms with Crippen molar-refractivity contribution >= 4 is 27.3 Å². The van der Waals surface area contributed by atoms with E-state index in [0.717, 1.165) is 0 Å². The van der Waals surface area contributed by atoms with Gasteiger partial charge in [0.25, 0.3) is 11.6 Å². The van der Waals surface area contributed by atoms with Crippen molar-refractivity contribution in [3.8, 4) is 12.3 Å². The molecule has 0 saturated heterocycles. The summed E-state index contributed by atoms with van der Waals surface area (Å²) in [6.07, 6.45) is 5.02. The minimum atomic E-state index is -3.74. The molecule has 2 aromatic rings. The molecule has 0 bridgehead atoms. The van der Waals surface area contributed by atoms with Gasteiger partial charge in [0.15, 0.2) is 0 Å². The Morgan fingerprint density at radius 1 is 1.23 bits per heavy atom. The van der Waals surface area contributed by atoms with Crippen molar-refractivity contribution in [3.63, 3.8) is 0 Å². The number of nitrogens with zero attached hydrogens (tertiary/aromatic N) is 1. The van der Waals surface area contributed by atoms with Crippen molar-refractivity contribution in [2.24, 2.45) is 0 Å². The molecule has 2 N–H and O–H groups in total. The van der Waals surface area contributed by atoms with Gasteiger partial charge in [-0.3, -0.25) is 14.9 Å². The predicted octanol–water partition coefficient (Wildman–Crippen LogP) is 2.07. The van der Waals surface area contributed by atoms with Crippen LogP contribution in [0.2, 0.25) is 0 Å². The molecule has 0 aliphatic rings. The van der Waals surface area contributed by atoms with Crippen LogP contribution in [0.5, 0.6) is 0 Å². The summed E-state index contributed by atoms with van der Waals surface area (Å²) >= 11 is 0. The maximum Gasteiger partial charge on any atom is 0.271 e. The Labute approximate surface area is 150 Å². The number of rotatable bonds is 6. The Morgan fingerprint density at radius 2 is 1.88 bits per heavy atom. The molecule has 0 atom stereocenters. The normalized spacial score (nSPS) is 10.8.